The molecule has 0 spiro atoms. The van der Waals surface area contributed by atoms with Crippen molar-refractivity contribution in [2.75, 3.05) is 0 Å². The zero-order chi connectivity index (χ0) is 18.8. The van der Waals surface area contributed by atoms with Crippen molar-refractivity contribution in [2.24, 2.45) is 0 Å². The first-order chi connectivity index (χ1) is 11.6. The van der Waals surface area contributed by atoms with Gasteiger partial charge in [-0.1, -0.05) is 26.0 Å². The van der Waals surface area contributed by atoms with E-state index in [9.17, 15) is 23.2 Å². The molecule has 0 heterocycles. The standard InChI is InChI=1S/C15H16O8S2/c1-15(2,9-3-5-11(16)13(7-9)21-22-23-24)10-4-6-12(17)14(8-10)25(18,19)20/h3-8,16-17,24H,1-2H3,(H,18,19,20). The van der Waals surface area contributed by atoms with E-state index in [1.54, 1.807) is 19.9 Å². The van der Waals surface area contributed by atoms with Crippen LogP contribution < -0.4 is 4.89 Å². The van der Waals surface area contributed by atoms with Gasteiger partial charge in [-0.25, -0.2) is 0 Å². The van der Waals surface area contributed by atoms with Gasteiger partial charge in [0.15, 0.2) is 5.75 Å². The van der Waals surface area contributed by atoms with E-state index < -0.39 is 26.2 Å². The second-order valence-corrected chi connectivity index (χ2v) is 7.23. The van der Waals surface area contributed by atoms with E-state index in [0.29, 0.717) is 11.1 Å². The SMILES string of the molecule is CC(C)(c1ccc(O)c(OOOS)c1)c1ccc(O)c(S(=O)(=O)O)c1. The van der Waals surface area contributed by atoms with Crippen molar-refractivity contribution in [3.8, 4) is 17.2 Å². The van der Waals surface area contributed by atoms with Crippen molar-refractivity contribution >= 4 is 23.0 Å². The van der Waals surface area contributed by atoms with Crippen LogP contribution in [0.5, 0.6) is 17.2 Å². The lowest BCUT2D eigenvalue weighted by Gasteiger charge is -2.27. The summed E-state index contributed by atoms with van der Waals surface area (Å²) in [6, 6.07) is 8.29. The first-order valence-corrected chi connectivity index (χ1v) is 8.67. The van der Waals surface area contributed by atoms with Crippen LogP contribution >= 0.6 is 12.9 Å². The van der Waals surface area contributed by atoms with Crippen LogP contribution in [-0.2, 0) is 24.9 Å². The van der Waals surface area contributed by atoms with E-state index in [1.807, 2.05) is 0 Å². The topological polar surface area (TPSA) is 123 Å². The molecule has 0 amide bonds. The number of hydrogen-bond donors (Lipinski definition) is 4. The average Bonchev–Trinajstić information content (AvgIpc) is 2.53. The van der Waals surface area contributed by atoms with Crippen LogP contribution in [0.2, 0.25) is 0 Å². The van der Waals surface area contributed by atoms with Gasteiger partial charge in [0.1, 0.15) is 10.6 Å². The maximum Gasteiger partial charge on any atom is 0.298 e. The molecule has 0 aliphatic heterocycles. The van der Waals surface area contributed by atoms with Crippen molar-refractivity contribution in [3.05, 3.63) is 47.5 Å². The van der Waals surface area contributed by atoms with Crippen molar-refractivity contribution in [1.82, 2.24) is 0 Å². The highest BCUT2D eigenvalue weighted by Gasteiger charge is 2.27. The Morgan fingerprint density at radius 1 is 1.00 bits per heavy atom. The minimum Gasteiger partial charge on any atom is -0.506 e. The summed E-state index contributed by atoms with van der Waals surface area (Å²) >= 11 is 3.34. The molecule has 136 valence electrons. The van der Waals surface area contributed by atoms with Crippen LogP contribution in [0.25, 0.3) is 0 Å². The highest BCUT2D eigenvalue weighted by Crippen LogP contribution is 2.38. The summed E-state index contributed by atoms with van der Waals surface area (Å²) in [5.74, 6) is -0.821. The smallest absolute Gasteiger partial charge is 0.298 e. The van der Waals surface area contributed by atoms with E-state index >= 15 is 0 Å². The molecule has 2 aromatic rings. The van der Waals surface area contributed by atoms with Gasteiger partial charge in [-0.05, 0) is 40.4 Å². The summed E-state index contributed by atoms with van der Waals surface area (Å²) in [5, 5.41) is 23.6. The molecule has 0 atom stereocenters. The van der Waals surface area contributed by atoms with Gasteiger partial charge in [-0.3, -0.25) is 4.55 Å². The lowest BCUT2D eigenvalue weighted by Crippen LogP contribution is -2.19. The zero-order valence-corrected chi connectivity index (χ0v) is 14.9. The maximum atomic E-state index is 11.4. The Kier molecular flexibility index (Phi) is 5.49. The largest absolute Gasteiger partial charge is 0.506 e. The molecule has 8 nitrogen and oxygen atoms in total. The second-order valence-electron chi connectivity index (χ2n) is 5.69. The molecule has 2 rings (SSSR count). The first-order valence-electron chi connectivity index (χ1n) is 6.86. The van der Waals surface area contributed by atoms with Crippen LogP contribution in [0.3, 0.4) is 0 Å². The molecule has 0 aliphatic carbocycles. The molecule has 10 heteroatoms. The van der Waals surface area contributed by atoms with Crippen molar-refractivity contribution < 1.29 is 37.4 Å². The van der Waals surface area contributed by atoms with Gasteiger partial charge in [0.05, 0.1) is 0 Å². The number of thiol groups is 1. The number of benzene rings is 2. The molecule has 0 unspecified atom stereocenters. The van der Waals surface area contributed by atoms with Crippen LogP contribution in [0.1, 0.15) is 25.0 Å². The Bertz CT molecular complexity index is 877. The Morgan fingerprint density at radius 3 is 2.12 bits per heavy atom. The predicted molar refractivity (Wildman–Crippen MR) is 89.9 cm³/mol. The normalized spacial score (nSPS) is 12.2. The lowest BCUT2D eigenvalue weighted by molar-refractivity contribution is -0.402. The average molecular weight is 388 g/mol. The second kappa shape index (κ2) is 7.10. The number of phenols is 2. The minimum atomic E-state index is -4.59. The van der Waals surface area contributed by atoms with Crippen LogP contribution in [0, 0.1) is 0 Å². The molecule has 0 saturated carbocycles. The van der Waals surface area contributed by atoms with Crippen LogP contribution in [-0.4, -0.2) is 23.2 Å². The molecular weight excluding hydrogens is 372 g/mol. The fraction of sp³-hybridized carbons (Fsp3) is 0.200. The number of aromatic hydroxyl groups is 2. The van der Waals surface area contributed by atoms with Gasteiger partial charge in [0.2, 0.25) is 5.75 Å². The van der Waals surface area contributed by atoms with Gasteiger partial charge in [0, 0.05) is 18.3 Å². The summed E-state index contributed by atoms with van der Waals surface area (Å²) in [7, 11) is -4.59. The fourth-order valence-corrected chi connectivity index (χ4v) is 2.94. The summed E-state index contributed by atoms with van der Waals surface area (Å²) in [6.45, 7) is 3.55. The number of hydrogen-bond acceptors (Lipinski definition) is 8. The van der Waals surface area contributed by atoms with Gasteiger partial charge >= 0.3 is 0 Å². The third kappa shape index (κ3) is 4.17. The fourth-order valence-electron chi connectivity index (χ4n) is 2.30. The molecule has 0 saturated heterocycles. The number of phenolic OH excluding ortho intramolecular Hbond substituents is 2. The van der Waals surface area contributed by atoms with Crippen molar-refractivity contribution in [1.29, 1.82) is 0 Å². The van der Waals surface area contributed by atoms with E-state index in [1.165, 1.54) is 30.3 Å². The summed E-state index contributed by atoms with van der Waals surface area (Å²) in [5.41, 5.74) is 0.330. The van der Waals surface area contributed by atoms with Crippen LogP contribution in [0.15, 0.2) is 41.3 Å². The quantitative estimate of drug-likeness (QED) is 0.196. The zero-order valence-electron chi connectivity index (χ0n) is 13.2. The summed E-state index contributed by atoms with van der Waals surface area (Å²) in [6.07, 6.45) is 0. The highest BCUT2D eigenvalue weighted by molar-refractivity contribution is 7.86. The van der Waals surface area contributed by atoms with Gasteiger partial charge in [-0.2, -0.15) is 8.42 Å². The molecule has 2 aromatic carbocycles. The van der Waals surface area contributed by atoms with E-state index in [2.05, 4.69) is 22.3 Å². The van der Waals surface area contributed by atoms with E-state index in [4.69, 9.17) is 4.89 Å². The molecule has 0 aromatic heterocycles. The molecule has 0 bridgehead atoms. The Labute approximate surface area is 149 Å². The number of rotatable bonds is 6. The Morgan fingerprint density at radius 2 is 1.56 bits per heavy atom. The van der Waals surface area contributed by atoms with Crippen LogP contribution in [0.4, 0.5) is 0 Å². The minimum absolute atomic E-state index is 0.0478. The molecule has 0 aliphatic rings. The Hall–Kier alpha value is -1.98. The molecule has 0 radical (unpaired) electrons. The Balaban J connectivity index is 2.52. The lowest BCUT2D eigenvalue weighted by atomic mass is 9.78. The van der Waals surface area contributed by atoms with Crippen molar-refractivity contribution in [3.63, 3.8) is 0 Å². The predicted octanol–water partition coefficient (Wildman–Crippen LogP) is 2.76. The third-order valence-corrected chi connectivity index (χ3v) is 4.74. The first kappa shape index (κ1) is 19.3. The molecule has 0 fully saturated rings. The maximum absolute atomic E-state index is 11.4. The molecular formula is C15H16O8S2. The van der Waals surface area contributed by atoms with E-state index in [0.717, 1.165) is 0 Å². The molecule has 25 heavy (non-hydrogen) atoms. The van der Waals surface area contributed by atoms with Gasteiger partial charge in [-0.15, -0.1) is 4.33 Å². The van der Waals surface area contributed by atoms with Gasteiger partial charge in [0.25, 0.3) is 10.1 Å². The van der Waals surface area contributed by atoms with Crippen molar-refractivity contribution in [2.45, 2.75) is 24.2 Å². The van der Waals surface area contributed by atoms with E-state index in [-0.39, 0.29) is 11.5 Å². The highest BCUT2D eigenvalue weighted by atomic mass is 32.2. The summed E-state index contributed by atoms with van der Waals surface area (Å²) in [4.78, 5) is 4.13. The molecule has 3 N–H and O–H groups in total. The third-order valence-electron chi connectivity index (χ3n) is 3.80. The van der Waals surface area contributed by atoms with Gasteiger partial charge < -0.3 is 15.1 Å². The summed E-state index contributed by atoms with van der Waals surface area (Å²) < 4.78 is 36.0. The monoisotopic (exact) mass is 388 g/mol.